The molecule has 1 aromatic carbocycles. The van der Waals surface area contributed by atoms with Gasteiger partial charge in [0.15, 0.2) is 22.3 Å². The molecule has 2 aliphatic rings. The van der Waals surface area contributed by atoms with Gasteiger partial charge in [-0.2, -0.15) is 5.10 Å². The molecule has 2 aliphatic heterocycles. The number of hydrogen-bond donors (Lipinski definition) is 1. The molecule has 31 heavy (non-hydrogen) atoms. The first-order valence-corrected chi connectivity index (χ1v) is 10.4. The normalized spacial score (nSPS) is 17.4. The lowest BCUT2D eigenvalue weighted by atomic mass is 10.1. The van der Waals surface area contributed by atoms with Gasteiger partial charge in [-0.25, -0.2) is 9.97 Å². The van der Waals surface area contributed by atoms with Crippen molar-refractivity contribution in [2.75, 3.05) is 31.2 Å². The molecule has 1 fully saturated rings. The zero-order chi connectivity index (χ0) is 21.0. The van der Waals surface area contributed by atoms with Crippen molar-refractivity contribution in [3.05, 3.63) is 36.7 Å². The summed E-state index contributed by atoms with van der Waals surface area (Å²) in [6, 6.07) is 6.66. The van der Waals surface area contributed by atoms with Crippen molar-refractivity contribution in [2.24, 2.45) is 0 Å². The number of halogens is 2. The number of pyridine rings is 1. The van der Waals surface area contributed by atoms with Crippen molar-refractivity contribution in [1.29, 1.82) is 0 Å². The Hall–Kier alpha value is -3.31. The first-order valence-electron chi connectivity index (χ1n) is 9.60. The number of benzene rings is 1. The van der Waals surface area contributed by atoms with E-state index in [4.69, 9.17) is 9.47 Å². The minimum Gasteiger partial charge on any atom is -0.395 e. The maximum atomic E-state index is 13.6. The maximum Gasteiger partial charge on any atom is 0.586 e. The molecule has 6 rings (SSSR count). The third-order valence-corrected chi connectivity index (χ3v) is 6.27. The van der Waals surface area contributed by atoms with Crippen LogP contribution in [-0.4, -0.2) is 52.8 Å². The summed E-state index contributed by atoms with van der Waals surface area (Å²) in [5.74, 6) is -0.0529. The summed E-state index contributed by atoms with van der Waals surface area (Å²) in [5, 5.41) is 8.73. The second-order valence-corrected chi connectivity index (χ2v) is 8.11. The largest absolute Gasteiger partial charge is 0.586 e. The van der Waals surface area contributed by atoms with Gasteiger partial charge in [-0.15, -0.1) is 8.78 Å². The number of fused-ring (bicyclic) bond motifs is 2. The average molecular weight is 443 g/mol. The van der Waals surface area contributed by atoms with Gasteiger partial charge in [0.05, 0.1) is 23.8 Å². The highest BCUT2D eigenvalue weighted by atomic mass is 32.1. The fraction of sp³-hybridized carbons (Fsp3) is 0.250. The molecule has 0 saturated carbocycles. The number of aromatic amines is 1. The van der Waals surface area contributed by atoms with Crippen LogP contribution in [0, 0.1) is 0 Å². The molecule has 8 nitrogen and oxygen atoms in total. The molecule has 4 aromatic rings. The Bertz CT molecular complexity index is 1290. The standard InChI is InChI=1S/C20H15F2N5O3S/c21-20(22)29-14-3-1-2-12(17(14)30-20)16-13-8-11(9-23-18(13)26-25-16)15-10-24-19(31-15)27-4-6-28-7-5-27/h1-3,8-10H,4-7H2,(H,23,25,26). The van der Waals surface area contributed by atoms with E-state index < -0.39 is 6.29 Å². The number of rotatable bonds is 3. The van der Waals surface area contributed by atoms with Gasteiger partial charge in [-0.3, -0.25) is 5.10 Å². The highest BCUT2D eigenvalue weighted by molar-refractivity contribution is 7.18. The molecule has 0 unspecified atom stereocenters. The van der Waals surface area contributed by atoms with Crippen LogP contribution in [0.15, 0.2) is 36.7 Å². The van der Waals surface area contributed by atoms with Crippen molar-refractivity contribution in [3.8, 4) is 33.2 Å². The zero-order valence-corrected chi connectivity index (χ0v) is 16.8. The number of hydrogen-bond acceptors (Lipinski definition) is 8. The second kappa shape index (κ2) is 6.86. The first-order chi connectivity index (χ1) is 15.1. The number of nitrogens with one attached hydrogen (secondary N) is 1. The molecule has 3 aromatic heterocycles. The van der Waals surface area contributed by atoms with Crippen LogP contribution in [-0.2, 0) is 4.74 Å². The molecule has 158 valence electrons. The van der Waals surface area contributed by atoms with Crippen LogP contribution in [0.1, 0.15) is 0 Å². The lowest BCUT2D eigenvalue weighted by molar-refractivity contribution is -0.286. The molecule has 11 heteroatoms. The number of nitrogens with zero attached hydrogens (tertiary/aromatic N) is 4. The van der Waals surface area contributed by atoms with Crippen molar-refractivity contribution in [2.45, 2.75) is 6.29 Å². The molecule has 0 amide bonds. The van der Waals surface area contributed by atoms with Gasteiger partial charge in [0.1, 0.15) is 0 Å². The Balaban J connectivity index is 1.40. The topological polar surface area (TPSA) is 85.4 Å². The highest BCUT2D eigenvalue weighted by Gasteiger charge is 2.44. The van der Waals surface area contributed by atoms with E-state index in [0.717, 1.165) is 28.7 Å². The zero-order valence-electron chi connectivity index (χ0n) is 16.0. The number of ether oxygens (including phenoxy) is 3. The van der Waals surface area contributed by atoms with Crippen molar-refractivity contribution < 1.29 is 23.0 Å². The number of alkyl halides is 2. The number of anilines is 1. The molecular weight excluding hydrogens is 428 g/mol. The van der Waals surface area contributed by atoms with Crippen LogP contribution in [0.4, 0.5) is 13.9 Å². The minimum atomic E-state index is -3.70. The molecule has 5 heterocycles. The van der Waals surface area contributed by atoms with Crippen molar-refractivity contribution >= 4 is 27.5 Å². The fourth-order valence-corrected chi connectivity index (χ4v) is 4.65. The van der Waals surface area contributed by atoms with Crippen molar-refractivity contribution in [3.63, 3.8) is 0 Å². The van der Waals surface area contributed by atoms with Crippen LogP contribution in [0.2, 0.25) is 0 Å². The molecule has 0 bridgehead atoms. The highest BCUT2D eigenvalue weighted by Crippen LogP contribution is 2.47. The van der Waals surface area contributed by atoms with E-state index in [0.29, 0.717) is 35.5 Å². The Morgan fingerprint density at radius 2 is 1.97 bits per heavy atom. The fourth-order valence-electron chi connectivity index (χ4n) is 3.70. The van der Waals surface area contributed by atoms with Gasteiger partial charge in [0, 0.05) is 42.0 Å². The first kappa shape index (κ1) is 18.5. The lowest BCUT2D eigenvalue weighted by Crippen LogP contribution is -2.36. The summed E-state index contributed by atoms with van der Waals surface area (Å²) >= 11 is 1.57. The monoisotopic (exact) mass is 443 g/mol. The Morgan fingerprint density at radius 3 is 2.84 bits per heavy atom. The van der Waals surface area contributed by atoms with Crippen LogP contribution >= 0.6 is 11.3 Å². The van der Waals surface area contributed by atoms with Gasteiger partial charge in [0.2, 0.25) is 0 Å². The summed E-state index contributed by atoms with van der Waals surface area (Å²) in [5.41, 5.74) is 2.29. The molecule has 0 spiro atoms. The number of H-pyrrole nitrogens is 1. The van der Waals surface area contributed by atoms with E-state index in [-0.39, 0.29) is 11.5 Å². The Labute approximate surface area is 178 Å². The van der Waals surface area contributed by atoms with E-state index in [1.54, 1.807) is 29.7 Å². The smallest absolute Gasteiger partial charge is 0.395 e. The predicted molar refractivity (Wildman–Crippen MR) is 110 cm³/mol. The third-order valence-electron chi connectivity index (χ3n) is 5.17. The quantitative estimate of drug-likeness (QED) is 0.514. The van der Waals surface area contributed by atoms with Crippen LogP contribution in [0.25, 0.3) is 32.7 Å². The minimum absolute atomic E-state index is 0.0213. The second-order valence-electron chi connectivity index (χ2n) is 7.10. The van der Waals surface area contributed by atoms with Crippen LogP contribution in [0.5, 0.6) is 11.5 Å². The van der Waals surface area contributed by atoms with Crippen molar-refractivity contribution in [1.82, 2.24) is 20.2 Å². The lowest BCUT2D eigenvalue weighted by Gasteiger charge is -2.25. The summed E-state index contributed by atoms with van der Waals surface area (Å²) in [6.07, 6.45) is -0.154. The number of para-hydroxylation sites is 1. The van der Waals surface area contributed by atoms with E-state index in [9.17, 15) is 8.78 Å². The molecule has 0 aliphatic carbocycles. The van der Waals surface area contributed by atoms with Crippen LogP contribution < -0.4 is 14.4 Å². The summed E-state index contributed by atoms with van der Waals surface area (Å²) < 4.78 is 41.9. The SMILES string of the molecule is FC1(F)Oc2cccc(-c3[nH]nc4ncc(-c5cnc(N6CCOCC6)s5)cc34)c2O1. The molecular formula is C20H15F2N5O3S. The average Bonchev–Trinajstić information content (AvgIpc) is 3.49. The van der Waals surface area contributed by atoms with E-state index in [1.165, 1.54) is 6.07 Å². The van der Waals surface area contributed by atoms with E-state index >= 15 is 0 Å². The molecule has 1 saturated heterocycles. The number of thiazole rings is 1. The number of morpholine rings is 1. The van der Waals surface area contributed by atoms with E-state index in [2.05, 4.69) is 29.8 Å². The third kappa shape index (κ3) is 3.17. The molecule has 0 atom stereocenters. The predicted octanol–water partition coefficient (Wildman–Crippen LogP) is 3.91. The van der Waals surface area contributed by atoms with Gasteiger partial charge in [-0.1, -0.05) is 17.4 Å². The molecule has 0 radical (unpaired) electrons. The molecule has 1 N–H and O–H groups in total. The summed E-state index contributed by atoms with van der Waals surface area (Å²) in [7, 11) is 0. The number of aromatic nitrogens is 4. The maximum absolute atomic E-state index is 13.6. The van der Waals surface area contributed by atoms with Gasteiger partial charge >= 0.3 is 6.29 Å². The Morgan fingerprint density at radius 1 is 1.10 bits per heavy atom. The summed E-state index contributed by atoms with van der Waals surface area (Å²) in [4.78, 5) is 12.1. The van der Waals surface area contributed by atoms with E-state index in [1.807, 2.05) is 12.3 Å². The summed E-state index contributed by atoms with van der Waals surface area (Å²) in [6.45, 7) is 2.99. The van der Waals surface area contributed by atoms with Crippen LogP contribution in [0.3, 0.4) is 0 Å². The van der Waals surface area contributed by atoms with Gasteiger partial charge < -0.3 is 19.1 Å². The van der Waals surface area contributed by atoms with Gasteiger partial charge in [-0.05, 0) is 18.2 Å². The Kier molecular flexibility index (Phi) is 4.08. The van der Waals surface area contributed by atoms with Gasteiger partial charge in [0.25, 0.3) is 0 Å².